The molecule has 0 saturated heterocycles. The standard InChI is InChI=1S/C27H22N4O3S/c1-33-21-12-6-11-18(24(21)34-2)19-14-20(16-8-4-3-5-9-16)31-27-22(19)23(28)25(35-27)26(32)30-17-10-7-13-29-15-17/h3-15H,28H2,1-2H3,(H,30,32). The third-order valence-electron chi connectivity index (χ3n) is 5.59. The summed E-state index contributed by atoms with van der Waals surface area (Å²) in [5.74, 6) is 0.858. The van der Waals surface area contributed by atoms with Gasteiger partial charge in [-0.3, -0.25) is 9.78 Å². The number of methoxy groups -OCH3 is 2. The normalized spacial score (nSPS) is 10.8. The number of carbonyl (C=O) groups is 1. The van der Waals surface area contributed by atoms with E-state index in [1.54, 1.807) is 38.7 Å². The van der Waals surface area contributed by atoms with Crippen LogP contribution in [0.1, 0.15) is 9.67 Å². The van der Waals surface area contributed by atoms with Gasteiger partial charge in [-0.15, -0.1) is 11.3 Å². The maximum atomic E-state index is 13.1. The van der Waals surface area contributed by atoms with E-state index >= 15 is 0 Å². The highest BCUT2D eigenvalue weighted by atomic mass is 32.1. The van der Waals surface area contributed by atoms with Crippen molar-refractivity contribution in [3.8, 4) is 33.9 Å². The van der Waals surface area contributed by atoms with Crippen molar-refractivity contribution in [2.24, 2.45) is 0 Å². The number of pyridine rings is 2. The zero-order chi connectivity index (χ0) is 24.4. The Morgan fingerprint density at radius 2 is 1.80 bits per heavy atom. The van der Waals surface area contributed by atoms with Crippen LogP contribution >= 0.6 is 11.3 Å². The van der Waals surface area contributed by atoms with Gasteiger partial charge in [-0.25, -0.2) is 4.98 Å². The van der Waals surface area contributed by atoms with Gasteiger partial charge in [0.1, 0.15) is 9.71 Å². The van der Waals surface area contributed by atoms with Crippen LogP contribution in [0.15, 0.2) is 79.1 Å². The number of benzene rings is 2. The second kappa shape index (κ2) is 9.44. The van der Waals surface area contributed by atoms with Crippen LogP contribution in [0.2, 0.25) is 0 Å². The Bertz CT molecular complexity index is 1520. The van der Waals surface area contributed by atoms with Crippen molar-refractivity contribution >= 4 is 38.8 Å². The molecule has 0 aliphatic heterocycles. The molecule has 5 aromatic rings. The minimum Gasteiger partial charge on any atom is -0.493 e. The molecule has 0 saturated carbocycles. The molecule has 1 amide bonds. The topological polar surface area (TPSA) is 99.4 Å². The Labute approximate surface area is 206 Å². The maximum Gasteiger partial charge on any atom is 0.267 e. The SMILES string of the molecule is COc1cccc(-c2cc(-c3ccccc3)nc3sc(C(=O)Nc4cccnc4)c(N)c23)c1OC. The molecule has 0 fully saturated rings. The van der Waals surface area contributed by atoms with E-state index in [1.807, 2.05) is 54.6 Å². The number of aromatic nitrogens is 2. The number of hydrogen-bond acceptors (Lipinski definition) is 7. The molecule has 0 aliphatic rings. The Hall–Kier alpha value is -4.43. The summed E-state index contributed by atoms with van der Waals surface area (Å²) in [6.45, 7) is 0. The van der Waals surface area contributed by atoms with Crippen LogP contribution in [0, 0.1) is 0 Å². The maximum absolute atomic E-state index is 13.1. The molecule has 0 spiro atoms. The van der Waals surface area contributed by atoms with E-state index in [9.17, 15) is 4.79 Å². The Kier molecular flexibility index (Phi) is 6.03. The van der Waals surface area contributed by atoms with E-state index in [0.29, 0.717) is 38.0 Å². The van der Waals surface area contributed by atoms with Crippen LogP contribution in [-0.4, -0.2) is 30.1 Å². The fraction of sp³-hybridized carbons (Fsp3) is 0.0741. The van der Waals surface area contributed by atoms with Gasteiger partial charge in [0.2, 0.25) is 0 Å². The fourth-order valence-corrected chi connectivity index (χ4v) is 5.00. The predicted molar refractivity (Wildman–Crippen MR) is 140 cm³/mol. The number of amides is 1. The zero-order valence-electron chi connectivity index (χ0n) is 19.1. The predicted octanol–water partition coefficient (Wildman–Crippen LogP) is 5.88. The van der Waals surface area contributed by atoms with Crippen LogP contribution < -0.4 is 20.5 Å². The van der Waals surface area contributed by atoms with Gasteiger partial charge >= 0.3 is 0 Å². The highest BCUT2D eigenvalue weighted by Crippen LogP contribution is 2.46. The lowest BCUT2D eigenvalue weighted by Gasteiger charge is -2.15. The lowest BCUT2D eigenvalue weighted by atomic mass is 9.98. The number of carbonyl (C=O) groups excluding carboxylic acids is 1. The highest BCUT2D eigenvalue weighted by molar-refractivity contribution is 7.21. The average Bonchev–Trinajstić information content (AvgIpc) is 3.25. The van der Waals surface area contributed by atoms with Gasteiger partial charge in [0, 0.05) is 28.3 Å². The van der Waals surface area contributed by atoms with Crippen molar-refractivity contribution in [2.45, 2.75) is 0 Å². The summed E-state index contributed by atoms with van der Waals surface area (Å²) in [5.41, 5.74) is 10.9. The van der Waals surface area contributed by atoms with Crippen LogP contribution in [0.4, 0.5) is 11.4 Å². The molecule has 35 heavy (non-hydrogen) atoms. The van der Waals surface area contributed by atoms with Gasteiger partial charge in [-0.2, -0.15) is 0 Å². The lowest BCUT2D eigenvalue weighted by Crippen LogP contribution is -2.12. The minimum absolute atomic E-state index is 0.316. The molecule has 0 radical (unpaired) electrons. The van der Waals surface area contributed by atoms with E-state index in [4.69, 9.17) is 20.2 Å². The molecule has 3 heterocycles. The molecule has 2 aromatic carbocycles. The number of hydrogen-bond donors (Lipinski definition) is 2. The number of para-hydroxylation sites is 1. The highest BCUT2D eigenvalue weighted by Gasteiger charge is 2.24. The monoisotopic (exact) mass is 482 g/mol. The molecule has 0 unspecified atom stereocenters. The number of nitrogens with one attached hydrogen (secondary N) is 1. The van der Waals surface area contributed by atoms with Gasteiger partial charge < -0.3 is 20.5 Å². The largest absolute Gasteiger partial charge is 0.493 e. The molecular weight excluding hydrogens is 460 g/mol. The molecular formula is C27H22N4O3S. The number of nitrogens with two attached hydrogens (primary N) is 1. The zero-order valence-corrected chi connectivity index (χ0v) is 19.9. The van der Waals surface area contributed by atoms with Gasteiger partial charge in [0.15, 0.2) is 11.5 Å². The summed E-state index contributed by atoms with van der Waals surface area (Å²) >= 11 is 1.25. The summed E-state index contributed by atoms with van der Waals surface area (Å²) < 4.78 is 11.2. The quantitative estimate of drug-likeness (QED) is 0.314. The molecule has 0 atom stereocenters. The van der Waals surface area contributed by atoms with Crippen molar-refractivity contribution in [1.82, 2.24) is 9.97 Å². The Morgan fingerprint density at radius 1 is 0.971 bits per heavy atom. The summed E-state index contributed by atoms with van der Waals surface area (Å²) in [6.07, 6.45) is 3.23. The average molecular weight is 483 g/mol. The Balaban J connectivity index is 1.74. The third kappa shape index (κ3) is 4.15. The van der Waals surface area contributed by atoms with E-state index < -0.39 is 0 Å². The number of nitrogen functional groups attached to an aromatic ring is 1. The first-order chi connectivity index (χ1) is 17.1. The van der Waals surface area contributed by atoms with Gasteiger partial charge in [-0.1, -0.05) is 42.5 Å². The van der Waals surface area contributed by atoms with Gasteiger partial charge in [0.25, 0.3) is 5.91 Å². The first-order valence-corrected chi connectivity index (χ1v) is 11.6. The van der Waals surface area contributed by atoms with Crippen molar-refractivity contribution < 1.29 is 14.3 Å². The van der Waals surface area contributed by atoms with Crippen LogP contribution in [0.25, 0.3) is 32.6 Å². The summed E-state index contributed by atoms with van der Waals surface area (Å²) in [6, 6.07) is 21.0. The van der Waals surface area contributed by atoms with Crippen molar-refractivity contribution in [3.63, 3.8) is 0 Å². The molecule has 0 aliphatic carbocycles. The number of rotatable bonds is 6. The molecule has 3 N–H and O–H groups in total. The number of fused-ring (bicyclic) bond motifs is 1. The molecule has 174 valence electrons. The van der Waals surface area contributed by atoms with Crippen LogP contribution in [0.5, 0.6) is 11.5 Å². The summed E-state index contributed by atoms with van der Waals surface area (Å²) in [7, 11) is 3.20. The smallest absolute Gasteiger partial charge is 0.267 e. The fourth-order valence-electron chi connectivity index (χ4n) is 3.98. The first-order valence-electron chi connectivity index (χ1n) is 10.8. The molecule has 3 aromatic heterocycles. The summed E-state index contributed by atoms with van der Waals surface area (Å²) in [5, 5.41) is 3.56. The number of ether oxygens (including phenoxy) is 2. The van der Waals surface area contributed by atoms with E-state index in [1.165, 1.54) is 11.3 Å². The molecule has 8 heteroatoms. The van der Waals surface area contributed by atoms with E-state index in [2.05, 4.69) is 10.3 Å². The molecule has 5 rings (SSSR count). The van der Waals surface area contributed by atoms with Crippen LogP contribution in [-0.2, 0) is 0 Å². The second-order valence-corrected chi connectivity index (χ2v) is 8.68. The van der Waals surface area contributed by atoms with Crippen LogP contribution in [0.3, 0.4) is 0 Å². The third-order valence-corrected chi connectivity index (χ3v) is 6.69. The number of nitrogens with zero attached hydrogens (tertiary/aromatic N) is 2. The number of anilines is 2. The molecule has 0 bridgehead atoms. The van der Waals surface area contributed by atoms with Crippen molar-refractivity contribution in [1.29, 1.82) is 0 Å². The van der Waals surface area contributed by atoms with E-state index in [0.717, 1.165) is 22.4 Å². The lowest BCUT2D eigenvalue weighted by molar-refractivity contribution is 0.103. The van der Waals surface area contributed by atoms with Crippen molar-refractivity contribution in [2.75, 3.05) is 25.3 Å². The Morgan fingerprint density at radius 3 is 2.51 bits per heavy atom. The first kappa shape index (κ1) is 22.4. The van der Waals surface area contributed by atoms with Crippen molar-refractivity contribution in [3.05, 3.63) is 84.0 Å². The number of thiophene rings is 1. The van der Waals surface area contributed by atoms with E-state index in [-0.39, 0.29) is 5.91 Å². The second-order valence-electron chi connectivity index (χ2n) is 7.68. The summed E-state index contributed by atoms with van der Waals surface area (Å²) in [4.78, 5) is 23.1. The molecule has 7 nitrogen and oxygen atoms in total. The minimum atomic E-state index is -0.316. The van der Waals surface area contributed by atoms with Gasteiger partial charge in [-0.05, 0) is 24.3 Å². The van der Waals surface area contributed by atoms with Gasteiger partial charge in [0.05, 0.1) is 37.5 Å².